The fraction of sp³-hybridized carbons (Fsp3) is 0.600. The van der Waals surface area contributed by atoms with Crippen molar-refractivity contribution in [2.75, 3.05) is 6.54 Å². The van der Waals surface area contributed by atoms with E-state index >= 15 is 0 Å². The maximum absolute atomic E-state index is 4.01. The van der Waals surface area contributed by atoms with Gasteiger partial charge in [0, 0.05) is 18.4 Å². The molecule has 1 aromatic heterocycles. The Kier molecular flexibility index (Phi) is 2.87. The van der Waals surface area contributed by atoms with Gasteiger partial charge in [-0.25, -0.2) is 9.97 Å². The first-order valence-corrected chi connectivity index (χ1v) is 4.92. The lowest BCUT2D eigenvalue weighted by Crippen LogP contribution is -2.35. The Morgan fingerprint density at radius 2 is 2.15 bits per heavy atom. The van der Waals surface area contributed by atoms with Crippen LogP contribution >= 0.6 is 0 Å². The van der Waals surface area contributed by atoms with E-state index in [1.807, 2.05) is 12.4 Å². The Bertz CT molecular complexity index is 242. The first-order valence-electron chi connectivity index (χ1n) is 4.92. The fourth-order valence-corrected chi connectivity index (χ4v) is 1.82. The standard InChI is InChI=1S/C10H15N3/c1-2-4-13-10(3-1)5-9-6-11-8-12-7-9/h6-8,10,13H,1-5H2. The van der Waals surface area contributed by atoms with Crippen molar-refractivity contribution in [3.05, 3.63) is 24.3 Å². The zero-order valence-electron chi connectivity index (χ0n) is 7.74. The molecule has 1 aliphatic heterocycles. The maximum atomic E-state index is 4.01. The van der Waals surface area contributed by atoms with Gasteiger partial charge in [-0.3, -0.25) is 0 Å². The Morgan fingerprint density at radius 1 is 1.31 bits per heavy atom. The van der Waals surface area contributed by atoms with Crippen LogP contribution in [0.5, 0.6) is 0 Å². The summed E-state index contributed by atoms with van der Waals surface area (Å²) in [5.41, 5.74) is 1.24. The fourth-order valence-electron chi connectivity index (χ4n) is 1.82. The molecule has 70 valence electrons. The lowest BCUT2D eigenvalue weighted by Gasteiger charge is -2.22. The SMILES string of the molecule is c1ncc(CC2CCCCN2)cn1. The smallest absolute Gasteiger partial charge is 0.115 e. The summed E-state index contributed by atoms with van der Waals surface area (Å²) in [5.74, 6) is 0. The minimum absolute atomic E-state index is 0.639. The molecule has 13 heavy (non-hydrogen) atoms. The predicted octanol–water partition coefficient (Wildman–Crippen LogP) is 1.16. The molecule has 1 atom stereocenters. The number of hydrogen-bond donors (Lipinski definition) is 1. The minimum Gasteiger partial charge on any atom is -0.314 e. The van der Waals surface area contributed by atoms with E-state index in [0.717, 1.165) is 6.42 Å². The third kappa shape index (κ3) is 2.49. The van der Waals surface area contributed by atoms with E-state index in [4.69, 9.17) is 0 Å². The van der Waals surface area contributed by atoms with Crippen molar-refractivity contribution in [3.63, 3.8) is 0 Å². The van der Waals surface area contributed by atoms with Crippen LogP contribution < -0.4 is 5.32 Å². The topological polar surface area (TPSA) is 37.8 Å². The highest BCUT2D eigenvalue weighted by molar-refractivity contribution is 5.05. The van der Waals surface area contributed by atoms with Gasteiger partial charge in [-0.1, -0.05) is 6.42 Å². The largest absolute Gasteiger partial charge is 0.314 e. The summed E-state index contributed by atoms with van der Waals surface area (Å²) >= 11 is 0. The number of nitrogens with zero attached hydrogens (tertiary/aromatic N) is 2. The van der Waals surface area contributed by atoms with E-state index in [-0.39, 0.29) is 0 Å². The van der Waals surface area contributed by atoms with Crippen molar-refractivity contribution < 1.29 is 0 Å². The molecule has 0 spiro atoms. The van der Waals surface area contributed by atoms with Crippen LogP contribution in [0.15, 0.2) is 18.7 Å². The minimum atomic E-state index is 0.639. The molecule has 0 bridgehead atoms. The monoisotopic (exact) mass is 177 g/mol. The molecule has 3 heteroatoms. The molecule has 1 fully saturated rings. The average molecular weight is 177 g/mol. The van der Waals surface area contributed by atoms with Crippen molar-refractivity contribution in [2.24, 2.45) is 0 Å². The van der Waals surface area contributed by atoms with Gasteiger partial charge in [0.15, 0.2) is 0 Å². The zero-order chi connectivity index (χ0) is 8.93. The third-order valence-corrected chi connectivity index (χ3v) is 2.51. The molecular weight excluding hydrogens is 162 g/mol. The van der Waals surface area contributed by atoms with Crippen molar-refractivity contribution in [1.29, 1.82) is 0 Å². The van der Waals surface area contributed by atoms with E-state index in [1.165, 1.54) is 31.4 Å². The number of piperidine rings is 1. The van der Waals surface area contributed by atoms with E-state index in [9.17, 15) is 0 Å². The Labute approximate surface area is 78.6 Å². The van der Waals surface area contributed by atoms with E-state index in [1.54, 1.807) is 6.33 Å². The van der Waals surface area contributed by atoms with E-state index < -0.39 is 0 Å². The molecule has 3 nitrogen and oxygen atoms in total. The van der Waals surface area contributed by atoms with E-state index in [0.29, 0.717) is 6.04 Å². The van der Waals surface area contributed by atoms with Crippen molar-refractivity contribution in [2.45, 2.75) is 31.7 Å². The normalized spacial score (nSPS) is 22.9. The van der Waals surface area contributed by atoms with Gasteiger partial charge in [0.2, 0.25) is 0 Å². The number of aromatic nitrogens is 2. The van der Waals surface area contributed by atoms with Gasteiger partial charge >= 0.3 is 0 Å². The summed E-state index contributed by atoms with van der Waals surface area (Å²) in [6.07, 6.45) is 10.4. The molecule has 0 aliphatic carbocycles. The summed E-state index contributed by atoms with van der Waals surface area (Å²) in [7, 11) is 0. The van der Waals surface area contributed by atoms with Crippen LogP contribution in [-0.2, 0) is 6.42 Å². The highest BCUT2D eigenvalue weighted by Crippen LogP contribution is 2.11. The quantitative estimate of drug-likeness (QED) is 0.736. The number of nitrogens with one attached hydrogen (secondary N) is 1. The zero-order valence-corrected chi connectivity index (χ0v) is 7.74. The third-order valence-electron chi connectivity index (χ3n) is 2.51. The molecule has 2 heterocycles. The molecule has 1 saturated heterocycles. The molecule has 0 radical (unpaired) electrons. The van der Waals surface area contributed by atoms with Gasteiger partial charge < -0.3 is 5.32 Å². The van der Waals surface area contributed by atoms with E-state index in [2.05, 4.69) is 15.3 Å². The van der Waals surface area contributed by atoms with Gasteiger partial charge in [-0.05, 0) is 31.4 Å². The van der Waals surface area contributed by atoms with Crippen LogP contribution in [0.25, 0.3) is 0 Å². The van der Waals surface area contributed by atoms with Crippen LogP contribution in [0, 0.1) is 0 Å². The van der Waals surface area contributed by atoms with Crippen LogP contribution in [-0.4, -0.2) is 22.6 Å². The van der Waals surface area contributed by atoms with Crippen LogP contribution in [0.1, 0.15) is 24.8 Å². The molecular formula is C10H15N3. The molecule has 0 saturated carbocycles. The molecule has 1 aliphatic rings. The molecule has 0 amide bonds. The lowest BCUT2D eigenvalue weighted by molar-refractivity contribution is 0.399. The van der Waals surface area contributed by atoms with Crippen LogP contribution in [0.3, 0.4) is 0 Å². The summed E-state index contributed by atoms with van der Waals surface area (Å²) in [5, 5.41) is 3.51. The van der Waals surface area contributed by atoms with Crippen molar-refractivity contribution in [1.82, 2.24) is 15.3 Å². The van der Waals surface area contributed by atoms with Crippen LogP contribution in [0.4, 0.5) is 0 Å². The van der Waals surface area contributed by atoms with Gasteiger partial charge in [0.05, 0.1) is 0 Å². The number of rotatable bonds is 2. The molecule has 1 aromatic rings. The average Bonchev–Trinajstić information content (AvgIpc) is 2.21. The van der Waals surface area contributed by atoms with Crippen LogP contribution in [0.2, 0.25) is 0 Å². The van der Waals surface area contributed by atoms with Gasteiger partial charge in [0.25, 0.3) is 0 Å². The van der Waals surface area contributed by atoms with Gasteiger partial charge in [-0.2, -0.15) is 0 Å². The van der Waals surface area contributed by atoms with Gasteiger partial charge in [-0.15, -0.1) is 0 Å². The summed E-state index contributed by atoms with van der Waals surface area (Å²) in [6, 6.07) is 0.639. The first-order chi connectivity index (χ1) is 6.45. The Morgan fingerprint density at radius 3 is 2.85 bits per heavy atom. The number of hydrogen-bond acceptors (Lipinski definition) is 3. The lowest BCUT2D eigenvalue weighted by atomic mass is 9.99. The second kappa shape index (κ2) is 4.33. The van der Waals surface area contributed by atoms with Crippen molar-refractivity contribution in [3.8, 4) is 0 Å². The second-order valence-corrected chi connectivity index (χ2v) is 3.60. The molecule has 1 unspecified atom stereocenters. The van der Waals surface area contributed by atoms with Gasteiger partial charge in [0.1, 0.15) is 6.33 Å². The molecule has 1 N–H and O–H groups in total. The van der Waals surface area contributed by atoms with Crippen molar-refractivity contribution >= 4 is 0 Å². The summed E-state index contributed by atoms with van der Waals surface area (Å²) in [6.45, 7) is 1.17. The maximum Gasteiger partial charge on any atom is 0.115 e. The highest BCUT2D eigenvalue weighted by atomic mass is 14.9. The summed E-state index contributed by atoms with van der Waals surface area (Å²) < 4.78 is 0. The first kappa shape index (κ1) is 8.63. The highest BCUT2D eigenvalue weighted by Gasteiger charge is 2.12. The summed E-state index contributed by atoms with van der Waals surface area (Å²) in [4.78, 5) is 8.02. The second-order valence-electron chi connectivity index (χ2n) is 3.60. The Hall–Kier alpha value is -0.960. The Balaban J connectivity index is 1.90. The molecule has 0 aromatic carbocycles. The molecule has 2 rings (SSSR count). The predicted molar refractivity (Wildman–Crippen MR) is 51.4 cm³/mol.